The molecule has 0 saturated carbocycles. The Morgan fingerprint density at radius 2 is 1.52 bits per heavy atom. The molecule has 3 aromatic carbocycles. The van der Waals surface area contributed by atoms with Crippen molar-refractivity contribution in [1.29, 1.82) is 0 Å². The van der Waals surface area contributed by atoms with E-state index in [1.54, 1.807) is 0 Å². The third-order valence-corrected chi connectivity index (χ3v) is 5.63. The Hall–Kier alpha value is -1.66. The molecule has 0 bridgehead atoms. The molecule has 0 fully saturated rings. The van der Waals surface area contributed by atoms with Gasteiger partial charge in [0.15, 0.2) is 0 Å². The minimum atomic E-state index is 0. The normalized spacial score (nSPS) is 14.7. The van der Waals surface area contributed by atoms with Crippen LogP contribution in [-0.2, 0) is 30.7 Å². The van der Waals surface area contributed by atoms with Gasteiger partial charge < -0.3 is 24.8 Å². The smallest absolute Gasteiger partial charge is 1.00 e. The summed E-state index contributed by atoms with van der Waals surface area (Å²) in [6.07, 6.45) is 7.99. The first-order valence-corrected chi connectivity index (χ1v) is 12.4. The zero-order valence-corrected chi connectivity index (χ0v) is 23.5. The summed E-state index contributed by atoms with van der Waals surface area (Å²) in [5.74, 6) is 0.378. The van der Waals surface area contributed by atoms with Gasteiger partial charge in [0, 0.05) is 0 Å². The number of hydrogen-bond donors (Lipinski definition) is 0. The average molecular weight is 553 g/mol. The largest absolute Gasteiger partial charge is 1.00 e. The second kappa shape index (κ2) is 13.3. The zero-order valence-electron chi connectivity index (χ0n) is 19.5. The third-order valence-electron chi connectivity index (χ3n) is 5.63. The zero-order chi connectivity index (χ0) is 22.4. The van der Waals surface area contributed by atoms with Crippen molar-refractivity contribution in [1.82, 2.24) is 0 Å². The number of hydrogen-bond acceptors (Lipinski definition) is 0. The summed E-state index contributed by atoms with van der Waals surface area (Å²) in [6.45, 7) is 10.5. The van der Waals surface area contributed by atoms with Crippen molar-refractivity contribution in [3.8, 4) is 11.1 Å². The molecule has 1 atom stereocenters. The first-order chi connectivity index (χ1) is 14.9. The Morgan fingerprint density at radius 3 is 2.09 bits per heavy atom. The average Bonchev–Trinajstić information content (AvgIpc) is 3.41. The first kappa shape index (κ1) is 29.4. The Bertz CT molecular complexity index is 1090. The first-order valence-electron chi connectivity index (χ1n) is 10.7. The Labute approximate surface area is 227 Å². The minimum absolute atomic E-state index is 0. The van der Waals surface area contributed by atoms with Crippen LogP contribution in [0, 0.1) is 18.4 Å². The van der Waals surface area contributed by atoms with Gasteiger partial charge in [-0.05, 0) is 23.3 Å². The second-order valence-electron chi connectivity index (χ2n) is 8.88. The maximum atomic E-state index is 3.72. The second-order valence-corrected chi connectivity index (χ2v) is 8.88. The van der Waals surface area contributed by atoms with Gasteiger partial charge in [0.2, 0.25) is 0 Å². The predicted molar refractivity (Wildman–Crippen MR) is 131 cm³/mol. The molecule has 0 saturated heterocycles. The van der Waals surface area contributed by atoms with Gasteiger partial charge in [-0.15, -0.1) is 23.3 Å². The van der Waals surface area contributed by atoms with Crippen LogP contribution in [0.4, 0.5) is 0 Å². The predicted octanol–water partition coefficient (Wildman–Crippen LogP) is 1.53. The van der Waals surface area contributed by atoms with Crippen molar-refractivity contribution in [2.24, 2.45) is 5.41 Å². The molecule has 0 amide bonds. The van der Waals surface area contributed by atoms with E-state index in [4.69, 9.17) is 0 Å². The molecule has 5 rings (SSSR count). The fraction of sp³-hybridized carbons (Fsp3) is 0.200. The van der Waals surface area contributed by atoms with E-state index in [2.05, 4.69) is 92.6 Å². The number of benzene rings is 3. The number of allylic oxidation sites excluding steroid dienone is 4. The van der Waals surface area contributed by atoms with Crippen molar-refractivity contribution < 1.29 is 49.0 Å². The molecule has 1 unspecified atom stereocenters. The Kier molecular flexibility index (Phi) is 11.8. The summed E-state index contributed by atoms with van der Waals surface area (Å²) < 4.78 is 3.34. The van der Waals surface area contributed by atoms with Gasteiger partial charge in [-0.25, -0.2) is 0 Å². The van der Waals surface area contributed by atoms with Crippen LogP contribution in [-0.4, -0.2) is 4.21 Å². The SMILES string of the molecule is CC(C)(C)C1=CC(c2[c-]c3c(cc2)-c2ccccc2C3)C=C1.[CH2-]c1ccccc1.[CH2]=[Zr+2].[Cl-].[Cl-]. The molecule has 2 aliphatic rings. The van der Waals surface area contributed by atoms with E-state index < -0.39 is 0 Å². The van der Waals surface area contributed by atoms with Gasteiger partial charge in [-0.3, -0.25) is 0 Å². The van der Waals surface area contributed by atoms with Crippen LogP contribution >= 0.6 is 0 Å². The van der Waals surface area contributed by atoms with Crippen molar-refractivity contribution in [2.45, 2.75) is 33.1 Å². The summed E-state index contributed by atoms with van der Waals surface area (Å²) in [4.78, 5) is 0. The van der Waals surface area contributed by atoms with Gasteiger partial charge in [0.25, 0.3) is 0 Å². The van der Waals surface area contributed by atoms with Crippen LogP contribution in [0.5, 0.6) is 0 Å². The fourth-order valence-corrected chi connectivity index (χ4v) is 3.95. The number of fused-ring (bicyclic) bond motifs is 3. The van der Waals surface area contributed by atoms with E-state index in [0.29, 0.717) is 5.92 Å². The Morgan fingerprint density at radius 1 is 0.879 bits per heavy atom. The van der Waals surface area contributed by atoms with E-state index in [0.717, 1.165) is 12.0 Å². The molecular weight excluding hydrogens is 522 g/mol. The molecule has 0 radical (unpaired) electrons. The maximum Gasteiger partial charge on any atom is -1.00 e. The van der Waals surface area contributed by atoms with Gasteiger partial charge in [0.05, 0.1) is 0 Å². The molecule has 0 aromatic heterocycles. The van der Waals surface area contributed by atoms with E-state index in [1.165, 1.54) is 57.6 Å². The minimum Gasteiger partial charge on any atom is -1.00 e. The standard InChI is InChI=1S/C22H21.C7H7.CH2.2ClH.Zr/c1-22(2,3)19-10-8-16(14-19)15-9-11-21-18(12-15)13-17-6-4-5-7-20(17)21;1-7-5-3-2-4-6-7;;;;/h4-11,14,16H,13H2,1-3H3;2-6H,1H2;1H2;2*1H;/q2*-1;;;;+2/p-2. The monoisotopic (exact) mass is 550 g/mol. The van der Waals surface area contributed by atoms with Crippen molar-refractivity contribution >= 4 is 4.21 Å². The summed E-state index contributed by atoms with van der Waals surface area (Å²) in [6, 6.07) is 26.8. The molecule has 3 aromatic rings. The summed E-state index contributed by atoms with van der Waals surface area (Å²) in [5.41, 5.74) is 9.54. The summed E-state index contributed by atoms with van der Waals surface area (Å²) >= 11 is 1.30. The van der Waals surface area contributed by atoms with Crippen LogP contribution in [0.2, 0.25) is 0 Å². The summed E-state index contributed by atoms with van der Waals surface area (Å²) in [7, 11) is 0. The van der Waals surface area contributed by atoms with Crippen LogP contribution in [0.3, 0.4) is 0 Å². The van der Waals surface area contributed by atoms with Gasteiger partial charge in [-0.2, -0.15) is 48.4 Å². The number of halogens is 2. The van der Waals surface area contributed by atoms with Gasteiger partial charge in [-0.1, -0.05) is 80.5 Å². The maximum absolute atomic E-state index is 3.72. The van der Waals surface area contributed by atoms with Crippen LogP contribution in [0.25, 0.3) is 11.1 Å². The van der Waals surface area contributed by atoms with Crippen molar-refractivity contribution in [3.05, 3.63) is 126 Å². The topological polar surface area (TPSA) is 0 Å². The van der Waals surface area contributed by atoms with Crippen LogP contribution < -0.4 is 24.8 Å². The number of rotatable bonds is 1. The van der Waals surface area contributed by atoms with E-state index in [-0.39, 0.29) is 30.2 Å². The van der Waals surface area contributed by atoms with Crippen molar-refractivity contribution in [2.75, 3.05) is 0 Å². The summed E-state index contributed by atoms with van der Waals surface area (Å²) in [5, 5.41) is 0. The molecule has 170 valence electrons. The van der Waals surface area contributed by atoms with Crippen LogP contribution in [0.1, 0.15) is 48.9 Å². The quantitative estimate of drug-likeness (QED) is 0.315. The molecule has 3 heteroatoms. The Balaban J connectivity index is 0.000000425. The van der Waals surface area contributed by atoms with Gasteiger partial charge >= 0.3 is 28.4 Å². The van der Waals surface area contributed by atoms with E-state index in [1.807, 2.05) is 30.3 Å². The fourth-order valence-electron chi connectivity index (χ4n) is 3.95. The molecule has 0 spiro atoms. The molecule has 0 nitrogen and oxygen atoms in total. The molecule has 0 aliphatic heterocycles. The molecule has 0 N–H and O–H groups in total. The van der Waals surface area contributed by atoms with E-state index in [9.17, 15) is 0 Å². The third kappa shape index (κ3) is 7.41. The molecule has 2 aliphatic carbocycles. The van der Waals surface area contributed by atoms with Crippen LogP contribution in [0.15, 0.2) is 90.5 Å². The molecular formula is C30H30Cl2Zr-2. The molecule has 33 heavy (non-hydrogen) atoms. The van der Waals surface area contributed by atoms with Gasteiger partial charge in [0.1, 0.15) is 0 Å². The van der Waals surface area contributed by atoms with E-state index >= 15 is 0 Å². The molecule has 0 heterocycles. The van der Waals surface area contributed by atoms with Crippen molar-refractivity contribution in [3.63, 3.8) is 0 Å².